The normalized spacial score (nSPS) is 19.0. The van der Waals surface area contributed by atoms with Crippen LogP contribution in [0.1, 0.15) is 43.0 Å². The average Bonchev–Trinajstić information content (AvgIpc) is 2.89. The van der Waals surface area contributed by atoms with E-state index in [1.165, 1.54) is 30.5 Å². The van der Waals surface area contributed by atoms with Crippen molar-refractivity contribution in [2.24, 2.45) is 7.05 Å². The highest BCUT2D eigenvalue weighted by Gasteiger charge is 2.25. The lowest BCUT2D eigenvalue weighted by Crippen LogP contribution is -2.28. The first-order chi connectivity index (χ1) is 11.7. The minimum atomic E-state index is 0.365. The molecule has 1 atom stereocenters. The molecule has 1 unspecified atom stereocenters. The highest BCUT2D eigenvalue weighted by atomic mass is 16.5. The third kappa shape index (κ3) is 3.73. The van der Waals surface area contributed by atoms with Crippen molar-refractivity contribution < 1.29 is 9.47 Å². The number of nitrogens with zero attached hydrogens (tertiary/aromatic N) is 3. The summed E-state index contributed by atoms with van der Waals surface area (Å²) in [6.07, 6.45) is 6.96. The molecule has 0 amide bonds. The molecule has 0 aliphatic carbocycles. The van der Waals surface area contributed by atoms with Crippen LogP contribution >= 0.6 is 0 Å². The van der Waals surface area contributed by atoms with Crippen molar-refractivity contribution in [3.05, 3.63) is 41.7 Å². The van der Waals surface area contributed by atoms with Gasteiger partial charge in [-0.15, -0.1) is 0 Å². The SMILES string of the molecule is COc1ccc(OC)c(CN2CCCCCC2c2ccn(C)n2)c1. The lowest BCUT2D eigenvalue weighted by Gasteiger charge is -2.29. The van der Waals surface area contributed by atoms with Gasteiger partial charge in [0.2, 0.25) is 0 Å². The van der Waals surface area contributed by atoms with Crippen molar-refractivity contribution in [2.45, 2.75) is 38.3 Å². The monoisotopic (exact) mass is 329 g/mol. The molecule has 2 heterocycles. The molecule has 1 aliphatic heterocycles. The van der Waals surface area contributed by atoms with Gasteiger partial charge in [0.05, 0.1) is 26.0 Å². The van der Waals surface area contributed by atoms with E-state index in [0.29, 0.717) is 6.04 Å². The molecule has 1 saturated heterocycles. The summed E-state index contributed by atoms with van der Waals surface area (Å²) in [6, 6.07) is 8.53. The van der Waals surface area contributed by atoms with Crippen molar-refractivity contribution in [1.29, 1.82) is 0 Å². The van der Waals surface area contributed by atoms with Crippen molar-refractivity contribution in [3.63, 3.8) is 0 Å². The Balaban J connectivity index is 1.87. The summed E-state index contributed by atoms with van der Waals surface area (Å²) in [4.78, 5) is 2.53. The molecular formula is C19H27N3O2. The summed E-state index contributed by atoms with van der Waals surface area (Å²) in [7, 11) is 5.41. The zero-order valence-corrected chi connectivity index (χ0v) is 14.9. The molecule has 5 nitrogen and oxygen atoms in total. The Bertz CT molecular complexity index is 668. The maximum absolute atomic E-state index is 5.56. The lowest BCUT2D eigenvalue weighted by atomic mass is 10.1. The van der Waals surface area contributed by atoms with Crippen molar-refractivity contribution in [1.82, 2.24) is 14.7 Å². The molecule has 1 aromatic heterocycles. The molecule has 1 aromatic carbocycles. The van der Waals surface area contributed by atoms with Crippen molar-refractivity contribution in [2.75, 3.05) is 20.8 Å². The second-order valence-electron chi connectivity index (χ2n) is 6.43. The molecular weight excluding hydrogens is 302 g/mol. The quantitative estimate of drug-likeness (QED) is 0.841. The first kappa shape index (κ1) is 16.8. The highest BCUT2D eigenvalue weighted by Crippen LogP contribution is 2.33. The minimum Gasteiger partial charge on any atom is -0.497 e. The van der Waals surface area contributed by atoms with Crippen LogP contribution in [-0.4, -0.2) is 35.4 Å². The van der Waals surface area contributed by atoms with Gasteiger partial charge in [0.1, 0.15) is 11.5 Å². The molecule has 5 heteroatoms. The van der Waals surface area contributed by atoms with Crippen LogP contribution in [0.5, 0.6) is 11.5 Å². The molecule has 3 rings (SSSR count). The van der Waals surface area contributed by atoms with Gasteiger partial charge >= 0.3 is 0 Å². The number of hydrogen-bond donors (Lipinski definition) is 0. The van der Waals surface area contributed by atoms with Crippen LogP contribution in [0.4, 0.5) is 0 Å². The lowest BCUT2D eigenvalue weighted by molar-refractivity contribution is 0.185. The molecule has 130 valence electrons. The van der Waals surface area contributed by atoms with Crippen LogP contribution in [-0.2, 0) is 13.6 Å². The number of aromatic nitrogens is 2. The molecule has 24 heavy (non-hydrogen) atoms. The predicted molar refractivity (Wildman–Crippen MR) is 94.4 cm³/mol. The number of aryl methyl sites for hydroxylation is 1. The molecule has 0 spiro atoms. The second-order valence-corrected chi connectivity index (χ2v) is 6.43. The van der Waals surface area contributed by atoms with E-state index in [1.54, 1.807) is 14.2 Å². The Morgan fingerprint density at radius 1 is 1.12 bits per heavy atom. The Hall–Kier alpha value is -2.01. The van der Waals surface area contributed by atoms with Gasteiger partial charge in [-0.2, -0.15) is 5.10 Å². The van der Waals surface area contributed by atoms with Crippen molar-refractivity contribution >= 4 is 0 Å². The van der Waals surface area contributed by atoms with E-state index in [-0.39, 0.29) is 0 Å². The van der Waals surface area contributed by atoms with Crippen molar-refractivity contribution in [3.8, 4) is 11.5 Å². The van der Waals surface area contributed by atoms with Gasteiger partial charge in [-0.25, -0.2) is 0 Å². The third-order valence-corrected chi connectivity index (χ3v) is 4.80. The van der Waals surface area contributed by atoms with Gasteiger partial charge in [-0.1, -0.05) is 12.8 Å². The minimum absolute atomic E-state index is 0.365. The summed E-state index contributed by atoms with van der Waals surface area (Å²) in [5.74, 6) is 1.79. The summed E-state index contributed by atoms with van der Waals surface area (Å²) >= 11 is 0. The fourth-order valence-corrected chi connectivity index (χ4v) is 3.53. The molecule has 2 aromatic rings. The van der Waals surface area contributed by atoms with Gasteiger partial charge in [0.15, 0.2) is 0 Å². The van der Waals surface area contributed by atoms with Gasteiger partial charge < -0.3 is 9.47 Å². The fourth-order valence-electron chi connectivity index (χ4n) is 3.53. The maximum Gasteiger partial charge on any atom is 0.123 e. The summed E-state index contributed by atoms with van der Waals surface area (Å²) in [6.45, 7) is 1.93. The molecule has 0 radical (unpaired) electrons. The van der Waals surface area contributed by atoms with Crippen LogP contribution in [0.3, 0.4) is 0 Å². The number of hydrogen-bond acceptors (Lipinski definition) is 4. The molecule has 1 aliphatic rings. The van der Waals surface area contributed by atoms with Gasteiger partial charge in [-0.05, 0) is 43.7 Å². The Morgan fingerprint density at radius 3 is 2.71 bits per heavy atom. The number of likely N-dealkylation sites (tertiary alicyclic amines) is 1. The standard InChI is InChI=1S/C19H27N3O2/c1-21-12-10-17(20-21)18-7-5-4-6-11-22(18)14-15-13-16(23-2)8-9-19(15)24-3/h8-10,12-13,18H,4-7,11,14H2,1-3H3. The Morgan fingerprint density at radius 2 is 2.00 bits per heavy atom. The first-order valence-electron chi connectivity index (χ1n) is 8.65. The Kier molecular flexibility index (Phi) is 5.41. The maximum atomic E-state index is 5.56. The summed E-state index contributed by atoms with van der Waals surface area (Å²) in [5, 5.41) is 4.66. The smallest absolute Gasteiger partial charge is 0.123 e. The highest BCUT2D eigenvalue weighted by molar-refractivity contribution is 5.40. The van der Waals surface area contributed by atoms with Crippen LogP contribution in [0.15, 0.2) is 30.5 Å². The van der Waals surface area contributed by atoms with Gasteiger partial charge in [-0.3, -0.25) is 9.58 Å². The van der Waals surface area contributed by atoms with E-state index in [2.05, 4.69) is 22.1 Å². The Labute approximate surface area is 144 Å². The molecule has 0 bridgehead atoms. The third-order valence-electron chi connectivity index (χ3n) is 4.80. The van der Waals surface area contributed by atoms with Crippen LogP contribution in [0.2, 0.25) is 0 Å². The zero-order valence-electron chi connectivity index (χ0n) is 14.9. The first-order valence-corrected chi connectivity index (χ1v) is 8.65. The van der Waals surface area contributed by atoms with E-state index in [4.69, 9.17) is 9.47 Å². The molecule has 0 N–H and O–H groups in total. The number of methoxy groups -OCH3 is 2. The second kappa shape index (κ2) is 7.71. The van der Waals surface area contributed by atoms with Crippen LogP contribution in [0.25, 0.3) is 0 Å². The van der Waals surface area contributed by atoms with Crippen LogP contribution in [0, 0.1) is 0 Å². The van der Waals surface area contributed by atoms with E-state index < -0.39 is 0 Å². The molecule has 1 fully saturated rings. The topological polar surface area (TPSA) is 39.5 Å². The predicted octanol–water partition coefficient (Wildman–Crippen LogP) is 3.55. The number of rotatable bonds is 5. The van der Waals surface area contributed by atoms with Crippen LogP contribution < -0.4 is 9.47 Å². The largest absolute Gasteiger partial charge is 0.497 e. The molecule has 0 saturated carbocycles. The fraction of sp³-hybridized carbons (Fsp3) is 0.526. The summed E-state index contributed by atoms with van der Waals surface area (Å²) < 4.78 is 12.8. The average molecular weight is 329 g/mol. The van der Waals surface area contributed by atoms with E-state index in [0.717, 1.165) is 31.0 Å². The zero-order chi connectivity index (χ0) is 16.9. The number of ether oxygens (including phenoxy) is 2. The van der Waals surface area contributed by atoms with E-state index >= 15 is 0 Å². The van der Waals surface area contributed by atoms with Gasteiger partial charge in [0.25, 0.3) is 0 Å². The summed E-state index contributed by atoms with van der Waals surface area (Å²) in [5.41, 5.74) is 2.33. The van der Waals surface area contributed by atoms with E-state index in [9.17, 15) is 0 Å². The van der Waals surface area contributed by atoms with E-state index in [1.807, 2.05) is 30.1 Å². The number of benzene rings is 1. The van der Waals surface area contributed by atoms with Gasteiger partial charge in [0, 0.05) is 25.4 Å².